The van der Waals surface area contributed by atoms with Gasteiger partial charge in [0, 0.05) is 29.3 Å². The molecule has 94 valence electrons. The van der Waals surface area contributed by atoms with Crippen molar-refractivity contribution in [1.82, 2.24) is 5.32 Å². The van der Waals surface area contributed by atoms with Gasteiger partial charge in [-0.25, -0.2) is 0 Å². The van der Waals surface area contributed by atoms with E-state index in [1.807, 2.05) is 23.6 Å². The number of Topliss-reactive ketones (excluding diaryl/α,β-unsaturated/α-hetero) is 1. The van der Waals surface area contributed by atoms with Crippen LogP contribution in [0.15, 0.2) is 29.6 Å². The Morgan fingerprint density at radius 2 is 2.39 bits per heavy atom. The van der Waals surface area contributed by atoms with Gasteiger partial charge < -0.3 is 10.1 Å². The number of morpholine rings is 1. The van der Waals surface area contributed by atoms with E-state index in [1.165, 1.54) is 0 Å². The molecule has 0 spiro atoms. The van der Waals surface area contributed by atoms with Crippen LogP contribution < -0.4 is 5.32 Å². The van der Waals surface area contributed by atoms with Gasteiger partial charge in [0.25, 0.3) is 0 Å². The lowest BCUT2D eigenvalue weighted by atomic mass is 10.0. The summed E-state index contributed by atoms with van der Waals surface area (Å²) in [6, 6.07) is 8.13. The summed E-state index contributed by atoms with van der Waals surface area (Å²) in [4.78, 5) is 12.3. The summed E-state index contributed by atoms with van der Waals surface area (Å²) in [6.45, 7) is 2.21. The summed E-state index contributed by atoms with van der Waals surface area (Å²) < 4.78 is 6.48. The van der Waals surface area contributed by atoms with Crippen molar-refractivity contribution in [1.29, 1.82) is 0 Å². The zero-order chi connectivity index (χ0) is 12.4. The van der Waals surface area contributed by atoms with Crippen molar-refractivity contribution in [3.63, 3.8) is 0 Å². The van der Waals surface area contributed by atoms with Gasteiger partial charge in [-0.15, -0.1) is 11.3 Å². The van der Waals surface area contributed by atoms with Gasteiger partial charge in [0.2, 0.25) is 0 Å². The van der Waals surface area contributed by atoms with Crippen LogP contribution in [-0.2, 0) is 4.74 Å². The normalized spacial score (nSPS) is 20.1. The second-order valence-corrected chi connectivity index (χ2v) is 5.41. The van der Waals surface area contributed by atoms with E-state index in [4.69, 9.17) is 4.74 Å². The standard InChI is InChI=1S/C14H15NO2S/c16-13(8-11-9-17-6-5-15-11)12-3-1-2-10-4-7-18-14(10)12/h1-4,7,11,15H,5-6,8-9H2. The number of hydrogen-bond acceptors (Lipinski definition) is 4. The Balaban J connectivity index is 1.81. The number of rotatable bonds is 3. The average Bonchev–Trinajstić information content (AvgIpc) is 2.87. The van der Waals surface area contributed by atoms with E-state index in [2.05, 4.69) is 11.4 Å². The third kappa shape index (κ3) is 2.32. The van der Waals surface area contributed by atoms with Crippen LogP contribution in [0.3, 0.4) is 0 Å². The number of carbonyl (C=O) groups is 1. The van der Waals surface area contributed by atoms with Crippen molar-refractivity contribution in [3.8, 4) is 0 Å². The molecule has 1 atom stereocenters. The lowest BCUT2D eigenvalue weighted by Crippen LogP contribution is -2.42. The molecule has 3 rings (SSSR count). The van der Waals surface area contributed by atoms with Crippen molar-refractivity contribution >= 4 is 27.2 Å². The van der Waals surface area contributed by atoms with Crippen molar-refractivity contribution < 1.29 is 9.53 Å². The smallest absolute Gasteiger partial charge is 0.165 e. The molecule has 1 N–H and O–H groups in total. The van der Waals surface area contributed by atoms with Gasteiger partial charge in [-0.2, -0.15) is 0 Å². The summed E-state index contributed by atoms with van der Waals surface area (Å²) in [5, 5.41) is 6.50. The fourth-order valence-electron chi connectivity index (χ4n) is 2.30. The molecule has 18 heavy (non-hydrogen) atoms. The van der Waals surface area contributed by atoms with Gasteiger partial charge in [-0.3, -0.25) is 4.79 Å². The minimum absolute atomic E-state index is 0.154. The largest absolute Gasteiger partial charge is 0.378 e. The van der Waals surface area contributed by atoms with Crippen molar-refractivity contribution in [2.75, 3.05) is 19.8 Å². The highest BCUT2D eigenvalue weighted by molar-refractivity contribution is 7.17. The molecular formula is C14H15NO2S. The number of benzene rings is 1. The number of hydrogen-bond donors (Lipinski definition) is 1. The van der Waals surface area contributed by atoms with E-state index in [9.17, 15) is 4.79 Å². The molecule has 3 nitrogen and oxygen atoms in total. The van der Waals surface area contributed by atoms with Gasteiger partial charge >= 0.3 is 0 Å². The monoisotopic (exact) mass is 261 g/mol. The number of fused-ring (bicyclic) bond motifs is 1. The van der Waals surface area contributed by atoms with Crippen LogP contribution in [0.5, 0.6) is 0 Å². The molecule has 2 heterocycles. The van der Waals surface area contributed by atoms with Crippen molar-refractivity contribution in [3.05, 3.63) is 35.2 Å². The molecule has 0 bridgehead atoms. The Bertz CT molecular complexity index is 558. The fraction of sp³-hybridized carbons (Fsp3) is 0.357. The molecule has 1 aliphatic rings. The van der Waals surface area contributed by atoms with Crippen LogP contribution in [0, 0.1) is 0 Å². The lowest BCUT2D eigenvalue weighted by Gasteiger charge is -2.23. The van der Waals surface area contributed by atoms with E-state index < -0.39 is 0 Å². The number of carbonyl (C=O) groups excluding carboxylic acids is 1. The maximum atomic E-state index is 12.3. The highest BCUT2D eigenvalue weighted by Gasteiger charge is 2.19. The Morgan fingerprint density at radius 3 is 3.22 bits per heavy atom. The van der Waals surface area contributed by atoms with E-state index in [1.54, 1.807) is 11.3 Å². The Hall–Kier alpha value is -1.23. The zero-order valence-electron chi connectivity index (χ0n) is 10.0. The molecule has 0 amide bonds. The van der Waals surface area contributed by atoms with E-state index >= 15 is 0 Å². The third-order valence-corrected chi connectivity index (χ3v) is 4.17. The predicted octanol–water partition coefficient (Wildman–Crippen LogP) is 2.46. The minimum atomic E-state index is 0.154. The molecule has 1 unspecified atom stereocenters. The maximum Gasteiger partial charge on any atom is 0.165 e. The first-order valence-electron chi connectivity index (χ1n) is 6.15. The molecule has 1 fully saturated rings. The molecule has 1 aromatic carbocycles. The topological polar surface area (TPSA) is 38.3 Å². The number of thiophene rings is 1. The van der Waals surface area contributed by atoms with E-state index in [0.717, 1.165) is 28.8 Å². The molecule has 0 aliphatic carbocycles. The zero-order valence-corrected chi connectivity index (χ0v) is 10.8. The number of ketones is 1. The summed E-state index contributed by atoms with van der Waals surface area (Å²) in [5.74, 6) is 0.200. The third-order valence-electron chi connectivity index (χ3n) is 3.21. The summed E-state index contributed by atoms with van der Waals surface area (Å²) in [6.07, 6.45) is 0.511. The molecular weight excluding hydrogens is 246 g/mol. The fourth-order valence-corrected chi connectivity index (χ4v) is 3.23. The van der Waals surface area contributed by atoms with Crippen molar-refractivity contribution in [2.45, 2.75) is 12.5 Å². The first kappa shape index (κ1) is 11.8. The van der Waals surface area contributed by atoms with Crippen molar-refractivity contribution in [2.24, 2.45) is 0 Å². The van der Waals surface area contributed by atoms with Crippen LogP contribution in [0.4, 0.5) is 0 Å². The van der Waals surface area contributed by atoms with E-state index in [-0.39, 0.29) is 11.8 Å². The molecule has 1 aromatic heterocycles. The summed E-state index contributed by atoms with van der Waals surface area (Å²) in [5.41, 5.74) is 0.842. The molecule has 1 aliphatic heterocycles. The second-order valence-electron chi connectivity index (χ2n) is 4.50. The van der Waals surface area contributed by atoms with Crippen LogP contribution in [0.1, 0.15) is 16.8 Å². The highest BCUT2D eigenvalue weighted by atomic mass is 32.1. The number of ether oxygens (including phenoxy) is 1. The van der Waals surface area contributed by atoms with Gasteiger partial charge in [-0.1, -0.05) is 12.1 Å². The van der Waals surface area contributed by atoms with Gasteiger partial charge in [0.15, 0.2) is 5.78 Å². The van der Waals surface area contributed by atoms with Crippen LogP contribution >= 0.6 is 11.3 Å². The molecule has 2 aromatic rings. The summed E-state index contributed by atoms with van der Waals surface area (Å²) >= 11 is 1.63. The SMILES string of the molecule is O=C(CC1COCCN1)c1cccc2ccsc12. The first-order chi connectivity index (χ1) is 8.84. The first-order valence-corrected chi connectivity index (χ1v) is 7.03. The number of nitrogens with one attached hydrogen (secondary N) is 1. The van der Waals surface area contributed by atoms with Crippen LogP contribution in [0.2, 0.25) is 0 Å². The van der Waals surface area contributed by atoms with E-state index in [0.29, 0.717) is 13.0 Å². The average molecular weight is 261 g/mol. The Kier molecular flexibility index (Phi) is 3.41. The van der Waals surface area contributed by atoms with Gasteiger partial charge in [0.05, 0.1) is 13.2 Å². The van der Waals surface area contributed by atoms with Crippen LogP contribution in [0.25, 0.3) is 10.1 Å². The minimum Gasteiger partial charge on any atom is -0.378 e. The van der Waals surface area contributed by atoms with Gasteiger partial charge in [0.1, 0.15) is 0 Å². The Morgan fingerprint density at radius 1 is 1.44 bits per heavy atom. The lowest BCUT2D eigenvalue weighted by molar-refractivity contribution is 0.0676. The molecule has 0 saturated carbocycles. The Labute approximate surface area is 110 Å². The second kappa shape index (κ2) is 5.18. The maximum absolute atomic E-state index is 12.3. The van der Waals surface area contributed by atoms with Gasteiger partial charge in [-0.05, 0) is 22.9 Å². The van der Waals surface area contributed by atoms with Crippen LogP contribution in [-0.4, -0.2) is 31.6 Å². The summed E-state index contributed by atoms with van der Waals surface area (Å²) in [7, 11) is 0. The molecule has 1 saturated heterocycles. The highest BCUT2D eigenvalue weighted by Crippen LogP contribution is 2.25. The quantitative estimate of drug-likeness (QED) is 0.863. The molecule has 0 radical (unpaired) electrons. The predicted molar refractivity (Wildman–Crippen MR) is 73.4 cm³/mol. The molecule has 4 heteroatoms.